The first-order valence-electron chi connectivity index (χ1n) is 11.0. The number of likely N-dealkylation sites (tertiary alicyclic amines) is 1. The summed E-state index contributed by atoms with van der Waals surface area (Å²) in [5.41, 5.74) is 2.57. The number of ether oxygens (including phenoxy) is 2. The summed E-state index contributed by atoms with van der Waals surface area (Å²) in [5, 5.41) is 0. The number of aryl methyl sites for hydroxylation is 1. The van der Waals surface area contributed by atoms with Crippen LogP contribution in [-0.4, -0.2) is 24.1 Å². The van der Waals surface area contributed by atoms with E-state index in [4.69, 9.17) is 9.47 Å². The second-order valence-corrected chi connectivity index (χ2v) is 8.72. The molecule has 0 aromatic heterocycles. The quantitative estimate of drug-likeness (QED) is 0.502. The number of piperidine rings is 1. The molecule has 0 spiro atoms. The number of benzene rings is 3. The van der Waals surface area contributed by atoms with Crippen molar-refractivity contribution in [3.63, 3.8) is 0 Å². The number of fused-ring (bicyclic) bond motifs is 2. The molecule has 30 heavy (non-hydrogen) atoms. The van der Waals surface area contributed by atoms with Gasteiger partial charge in [0, 0.05) is 31.5 Å². The lowest BCUT2D eigenvalue weighted by molar-refractivity contribution is 0.0296. The van der Waals surface area contributed by atoms with Crippen molar-refractivity contribution in [2.45, 2.75) is 32.4 Å². The summed E-state index contributed by atoms with van der Waals surface area (Å²) in [4.78, 5) is 2.61. The maximum absolute atomic E-state index is 6.65. The van der Waals surface area contributed by atoms with Crippen LogP contribution in [0.1, 0.15) is 24.0 Å². The highest BCUT2D eigenvalue weighted by Gasteiger charge is 2.43. The summed E-state index contributed by atoms with van der Waals surface area (Å²) in [6, 6.07) is 27.0. The van der Waals surface area contributed by atoms with Crippen molar-refractivity contribution >= 4 is 0 Å². The summed E-state index contributed by atoms with van der Waals surface area (Å²) >= 11 is 0. The van der Waals surface area contributed by atoms with E-state index >= 15 is 0 Å². The van der Waals surface area contributed by atoms with E-state index in [1.807, 2.05) is 30.3 Å². The second-order valence-electron chi connectivity index (χ2n) is 8.72. The first-order valence-corrected chi connectivity index (χ1v) is 11.0. The molecule has 3 aromatic carbocycles. The van der Waals surface area contributed by atoms with Crippen molar-refractivity contribution in [3.8, 4) is 17.2 Å². The third-order valence-electron chi connectivity index (χ3n) is 6.41. The third kappa shape index (κ3) is 4.22. The Morgan fingerprint density at radius 1 is 0.800 bits per heavy atom. The Morgan fingerprint density at radius 3 is 2.17 bits per heavy atom. The van der Waals surface area contributed by atoms with E-state index in [2.05, 4.69) is 60.4 Å². The molecule has 1 aliphatic heterocycles. The molecule has 3 heteroatoms. The van der Waals surface area contributed by atoms with Crippen molar-refractivity contribution in [2.75, 3.05) is 13.1 Å². The van der Waals surface area contributed by atoms with Crippen LogP contribution in [-0.2, 0) is 6.54 Å². The van der Waals surface area contributed by atoms with E-state index in [-0.39, 0.29) is 6.10 Å². The molecule has 3 atom stereocenters. The topological polar surface area (TPSA) is 21.7 Å². The normalized spacial score (nSPS) is 23.3. The molecule has 2 aliphatic rings. The zero-order valence-electron chi connectivity index (χ0n) is 17.5. The average molecular weight is 400 g/mol. The Kier molecular flexibility index (Phi) is 5.46. The van der Waals surface area contributed by atoms with Crippen LogP contribution in [0, 0.1) is 18.8 Å². The fourth-order valence-corrected chi connectivity index (χ4v) is 4.99. The highest BCUT2D eigenvalue weighted by Crippen LogP contribution is 2.42. The fraction of sp³-hybridized carbons (Fsp3) is 0.333. The van der Waals surface area contributed by atoms with Gasteiger partial charge in [-0.05, 0) is 55.2 Å². The first-order chi connectivity index (χ1) is 14.7. The van der Waals surface area contributed by atoms with Crippen LogP contribution in [0.3, 0.4) is 0 Å². The number of hydrogen-bond donors (Lipinski definition) is 0. The lowest BCUT2D eigenvalue weighted by Crippen LogP contribution is -2.46. The highest BCUT2D eigenvalue weighted by atomic mass is 16.5. The lowest BCUT2D eigenvalue weighted by atomic mass is 9.94. The van der Waals surface area contributed by atoms with Gasteiger partial charge in [0.15, 0.2) is 11.5 Å². The van der Waals surface area contributed by atoms with Gasteiger partial charge in [0.05, 0.1) is 0 Å². The Morgan fingerprint density at radius 2 is 1.47 bits per heavy atom. The fourth-order valence-electron chi connectivity index (χ4n) is 4.99. The Bertz CT molecular complexity index is 959. The molecule has 0 N–H and O–H groups in total. The lowest BCUT2D eigenvalue weighted by Gasteiger charge is -2.38. The van der Waals surface area contributed by atoms with E-state index in [1.165, 1.54) is 24.0 Å². The first kappa shape index (κ1) is 19.2. The standard InChI is InChI=1S/C27H29NO2/c1-20-12-15-25(26(16-20)29-24-10-6-3-7-11-24)30-27-22-13-14-23(27)19-28(18-22)17-21-8-4-2-5-9-21/h2-12,15-16,22-23,27H,13-14,17-19H2,1H3/t22-,23?,27?/m0/s1. The van der Waals surface area contributed by atoms with Gasteiger partial charge in [0.1, 0.15) is 11.9 Å². The summed E-state index contributed by atoms with van der Waals surface area (Å²) in [7, 11) is 0. The molecule has 1 saturated heterocycles. The summed E-state index contributed by atoms with van der Waals surface area (Å²) in [5.74, 6) is 3.68. The van der Waals surface area contributed by atoms with Crippen molar-refractivity contribution in [2.24, 2.45) is 11.8 Å². The highest BCUT2D eigenvalue weighted by molar-refractivity contribution is 5.45. The SMILES string of the molecule is Cc1ccc(OC2C3CC[C@H]2CN(Cc2ccccc2)C3)c(Oc2ccccc2)c1. The van der Waals surface area contributed by atoms with E-state index < -0.39 is 0 Å². The molecule has 154 valence electrons. The Labute approximate surface area is 179 Å². The number of nitrogens with zero attached hydrogens (tertiary/aromatic N) is 1. The van der Waals surface area contributed by atoms with Crippen LogP contribution in [0.4, 0.5) is 0 Å². The number of hydrogen-bond acceptors (Lipinski definition) is 3. The van der Waals surface area contributed by atoms with Crippen LogP contribution in [0.15, 0.2) is 78.9 Å². The van der Waals surface area contributed by atoms with Crippen LogP contribution in [0.2, 0.25) is 0 Å². The molecule has 2 fully saturated rings. The van der Waals surface area contributed by atoms with E-state index in [0.29, 0.717) is 11.8 Å². The largest absolute Gasteiger partial charge is 0.486 e. The minimum absolute atomic E-state index is 0.276. The van der Waals surface area contributed by atoms with Crippen LogP contribution < -0.4 is 9.47 Å². The van der Waals surface area contributed by atoms with Crippen molar-refractivity contribution in [3.05, 3.63) is 90.0 Å². The Balaban J connectivity index is 1.30. The van der Waals surface area contributed by atoms with Gasteiger partial charge in [0.2, 0.25) is 0 Å². The van der Waals surface area contributed by atoms with Crippen LogP contribution in [0.5, 0.6) is 17.2 Å². The molecule has 3 nitrogen and oxygen atoms in total. The predicted octanol–water partition coefficient (Wildman–Crippen LogP) is 6.08. The Hall–Kier alpha value is -2.78. The maximum Gasteiger partial charge on any atom is 0.169 e. The predicted molar refractivity (Wildman–Crippen MR) is 120 cm³/mol. The van der Waals surface area contributed by atoms with Crippen molar-refractivity contribution in [1.82, 2.24) is 4.90 Å². The van der Waals surface area contributed by atoms with Gasteiger partial charge in [-0.3, -0.25) is 4.90 Å². The van der Waals surface area contributed by atoms with Gasteiger partial charge in [-0.25, -0.2) is 0 Å². The molecular weight excluding hydrogens is 370 g/mol. The van der Waals surface area contributed by atoms with Gasteiger partial charge in [-0.1, -0.05) is 54.6 Å². The maximum atomic E-state index is 6.65. The summed E-state index contributed by atoms with van der Waals surface area (Å²) < 4.78 is 12.8. The van der Waals surface area contributed by atoms with Gasteiger partial charge >= 0.3 is 0 Å². The third-order valence-corrected chi connectivity index (χ3v) is 6.41. The van der Waals surface area contributed by atoms with E-state index in [9.17, 15) is 0 Å². The summed E-state index contributed by atoms with van der Waals surface area (Å²) in [6.45, 7) is 5.34. The second kappa shape index (κ2) is 8.53. The molecular formula is C27H29NO2. The molecule has 3 aromatic rings. The smallest absolute Gasteiger partial charge is 0.169 e. The zero-order chi connectivity index (χ0) is 20.3. The van der Waals surface area contributed by atoms with E-state index in [0.717, 1.165) is 36.9 Å². The molecule has 1 aliphatic carbocycles. The molecule has 1 heterocycles. The minimum atomic E-state index is 0.276. The minimum Gasteiger partial charge on any atom is -0.486 e. The van der Waals surface area contributed by atoms with Crippen molar-refractivity contribution in [1.29, 1.82) is 0 Å². The molecule has 0 radical (unpaired) electrons. The average Bonchev–Trinajstić information content (AvgIpc) is 2.99. The van der Waals surface area contributed by atoms with E-state index in [1.54, 1.807) is 0 Å². The monoisotopic (exact) mass is 399 g/mol. The molecule has 2 bridgehead atoms. The van der Waals surface area contributed by atoms with Gasteiger partial charge < -0.3 is 9.47 Å². The summed E-state index contributed by atoms with van der Waals surface area (Å²) in [6.07, 6.45) is 2.78. The molecule has 2 unspecified atom stereocenters. The molecule has 5 rings (SSSR count). The molecule has 1 saturated carbocycles. The van der Waals surface area contributed by atoms with Crippen LogP contribution >= 0.6 is 0 Å². The zero-order valence-corrected chi connectivity index (χ0v) is 17.5. The number of rotatable bonds is 6. The van der Waals surface area contributed by atoms with Gasteiger partial charge in [-0.15, -0.1) is 0 Å². The van der Waals surface area contributed by atoms with Crippen LogP contribution in [0.25, 0.3) is 0 Å². The molecule has 0 amide bonds. The number of para-hydroxylation sites is 1. The van der Waals surface area contributed by atoms with Crippen molar-refractivity contribution < 1.29 is 9.47 Å². The van der Waals surface area contributed by atoms with Gasteiger partial charge in [-0.2, -0.15) is 0 Å². The van der Waals surface area contributed by atoms with Gasteiger partial charge in [0.25, 0.3) is 0 Å².